The number of hydrogen-bond acceptors (Lipinski definition) is 7. The Morgan fingerprint density at radius 3 is 2.40 bits per heavy atom. The number of aromatic nitrogens is 2. The van der Waals surface area contributed by atoms with Gasteiger partial charge in [-0.15, -0.1) is 11.3 Å². The molecule has 0 saturated heterocycles. The van der Waals surface area contributed by atoms with Gasteiger partial charge in [-0.1, -0.05) is 54.6 Å². The average molecular weight is 508 g/mol. The molecule has 7 nitrogen and oxygen atoms in total. The molecule has 180 valence electrons. The van der Waals surface area contributed by atoms with Gasteiger partial charge in [-0.2, -0.15) is 4.31 Å². The van der Waals surface area contributed by atoms with Gasteiger partial charge in [-0.05, 0) is 35.7 Å². The highest BCUT2D eigenvalue weighted by Crippen LogP contribution is 2.25. The van der Waals surface area contributed by atoms with Gasteiger partial charge in [-0.3, -0.25) is 4.79 Å². The van der Waals surface area contributed by atoms with E-state index in [1.165, 1.54) is 23.7 Å². The molecule has 0 saturated carbocycles. The Balaban J connectivity index is 1.64. The van der Waals surface area contributed by atoms with Crippen molar-refractivity contribution in [2.75, 3.05) is 7.11 Å². The Kier molecular flexibility index (Phi) is 7.70. The Hall–Kier alpha value is -3.40. The molecule has 0 bridgehead atoms. The minimum atomic E-state index is -3.88. The van der Waals surface area contributed by atoms with E-state index in [0.29, 0.717) is 0 Å². The van der Waals surface area contributed by atoms with Gasteiger partial charge >= 0.3 is 5.97 Å². The van der Waals surface area contributed by atoms with Crippen LogP contribution < -0.4 is 0 Å². The number of methoxy groups -OCH3 is 1. The first kappa shape index (κ1) is 24.7. The zero-order valence-corrected chi connectivity index (χ0v) is 21.0. The minimum Gasteiger partial charge on any atom is -0.469 e. The van der Waals surface area contributed by atoms with Crippen LogP contribution in [0.15, 0.2) is 89.5 Å². The fourth-order valence-corrected chi connectivity index (χ4v) is 5.65. The first-order valence-corrected chi connectivity index (χ1v) is 13.3. The Morgan fingerprint density at radius 1 is 0.971 bits per heavy atom. The number of hydrogen-bond donors (Lipinski definition) is 0. The maximum absolute atomic E-state index is 13.5. The monoisotopic (exact) mass is 507 g/mol. The van der Waals surface area contributed by atoms with Gasteiger partial charge in [-0.25, -0.2) is 18.4 Å². The van der Waals surface area contributed by atoms with Gasteiger partial charge in [0.2, 0.25) is 0 Å². The average Bonchev–Trinajstić information content (AvgIpc) is 3.43. The zero-order valence-electron chi connectivity index (χ0n) is 19.4. The van der Waals surface area contributed by atoms with Crippen LogP contribution in [0.3, 0.4) is 0 Å². The second-order valence-electron chi connectivity index (χ2n) is 7.97. The fourth-order valence-electron chi connectivity index (χ4n) is 3.66. The minimum absolute atomic E-state index is 0.0153. The molecule has 0 fully saturated rings. The Bertz CT molecular complexity index is 1370. The van der Waals surface area contributed by atoms with E-state index in [-0.39, 0.29) is 24.1 Å². The number of ether oxygens (including phenoxy) is 1. The van der Waals surface area contributed by atoms with E-state index in [0.717, 1.165) is 27.3 Å². The number of carbonyl (C=O) groups excluding carboxylic acids is 1. The predicted molar refractivity (Wildman–Crippen MR) is 135 cm³/mol. The van der Waals surface area contributed by atoms with Crippen molar-refractivity contribution < 1.29 is 17.9 Å². The van der Waals surface area contributed by atoms with Crippen molar-refractivity contribution in [2.24, 2.45) is 0 Å². The first-order valence-electron chi connectivity index (χ1n) is 10.9. The number of pyridine rings is 1. The lowest BCUT2D eigenvalue weighted by molar-refractivity contribution is -0.141. The smallest absolute Gasteiger partial charge is 0.312 e. The lowest BCUT2D eigenvalue weighted by atomic mass is 9.99. The third kappa shape index (κ3) is 5.82. The van der Waals surface area contributed by atoms with Crippen LogP contribution in [-0.4, -0.2) is 35.8 Å². The molecular formula is C26H25N3O4S2. The molecule has 2 aromatic carbocycles. The molecule has 0 aliphatic rings. The van der Waals surface area contributed by atoms with Crippen molar-refractivity contribution in [3.05, 3.63) is 101 Å². The largest absolute Gasteiger partial charge is 0.469 e. The fraction of sp³-hybridized carbons (Fsp3) is 0.192. The molecule has 4 rings (SSSR count). The summed E-state index contributed by atoms with van der Waals surface area (Å²) in [5, 5.41) is 2.81. The molecule has 0 N–H and O–H groups in total. The summed E-state index contributed by atoms with van der Waals surface area (Å²) in [5.74, 6) is -0.806. The SMILES string of the molecule is COC(=O)C(C)c1cccc(CN(Cc2ccc(-c3nccs3)cc2)S(=O)(=O)c2ccccn2)c1. The maximum Gasteiger partial charge on any atom is 0.312 e. The highest BCUT2D eigenvalue weighted by molar-refractivity contribution is 7.89. The van der Waals surface area contributed by atoms with E-state index in [4.69, 9.17) is 4.74 Å². The second kappa shape index (κ2) is 10.9. The highest BCUT2D eigenvalue weighted by Gasteiger charge is 2.26. The molecule has 2 aromatic heterocycles. The number of nitrogens with zero attached hydrogens (tertiary/aromatic N) is 3. The molecule has 1 atom stereocenters. The number of carbonyl (C=O) groups is 1. The van der Waals surface area contributed by atoms with E-state index in [1.54, 1.807) is 36.6 Å². The zero-order chi connectivity index (χ0) is 24.8. The summed E-state index contributed by atoms with van der Waals surface area (Å²) in [4.78, 5) is 20.4. The summed E-state index contributed by atoms with van der Waals surface area (Å²) in [5.41, 5.74) is 3.34. The van der Waals surface area contributed by atoms with Gasteiger partial charge in [0, 0.05) is 36.4 Å². The van der Waals surface area contributed by atoms with Crippen molar-refractivity contribution in [3.8, 4) is 10.6 Å². The van der Waals surface area contributed by atoms with E-state index >= 15 is 0 Å². The number of sulfonamides is 1. The van der Waals surface area contributed by atoms with Gasteiger partial charge in [0.1, 0.15) is 5.01 Å². The molecule has 1 unspecified atom stereocenters. The van der Waals surface area contributed by atoms with Crippen molar-refractivity contribution >= 4 is 27.3 Å². The third-order valence-corrected chi connectivity index (χ3v) is 8.13. The van der Waals surface area contributed by atoms with Crippen LogP contribution >= 0.6 is 11.3 Å². The molecule has 2 heterocycles. The maximum atomic E-state index is 13.5. The van der Waals surface area contributed by atoms with Crippen LogP contribution in [0.4, 0.5) is 0 Å². The van der Waals surface area contributed by atoms with E-state index in [9.17, 15) is 13.2 Å². The van der Waals surface area contributed by atoms with Crippen molar-refractivity contribution in [1.82, 2.24) is 14.3 Å². The van der Waals surface area contributed by atoms with Gasteiger partial charge in [0.15, 0.2) is 5.03 Å². The summed E-state index contributed by atoms with van der Waals surface area (Å²) in [6.45, 7) is 2.04. The lowest BCUT2D eigenvalue weighted by Crippen LogP contribution is -2.31. The summed E-state index contributed by atoms with van der Waals surface area (Å²) in [6, 6.07) is 19.9. The van der Waals surface area contributed by atoms with Gasteiger partial charge < -0.3 is 4.74 Å². The Morgan fingerprint density at radius 2 is 1.74 bits per heavy atom. The van der Waals surface area contributed by atoms with Crippen molar-refractivity contribution in [2.45, 2.75) is 31.0 Å². The molecule has 9 heteroatoms. The Labute approximate surface area is 209 Å². The molecule has 0 radical (unpaired) electrons. The topological polar surface area (TPSA) is 89.5 Å². The van der Waals surface area contributed by atoms with Crippen LogP contribution in [0.25, 0.3) is 10.6 Å². The van der Waals surface area contributed by atoms with Crippen LogP contribution in [0.2, 0.25) is 0 Å². The molecule has 0 amide bonds. The van der Waals surface area contributed by atoms with Crippen molar-refractivity contribution in [3.63, 3.8) is 0 Å². The quantitative estimate of drug-likeness (QED) is 0.300. The first-order chi connectivity index (χ1) is 16.9. The number of thiazole rings is 1. The standard InChI is InChI=1S/C26H25N3O4S2/c1-19(26(30)33-2)23-7-5-6-21(16-23)18-29(35(31,32)24-8-3-4-13-27-24)17-20-9-11-22(12-10-20)25-28-14-15-34-25/h3-16,19H,17-18H2,1-2H3. The lowest BCUT2D eigenvalue weighted by Gasteiger charge is -2.23. The van der Waals surface area contributed by atoms with Crippen LogP contribution in [0, 0.1) is 0 Å². The number of rotatable bonds is 9. The highest BCUT2D eigenvalue weighted by atomic mass is 32.2. The molecule has 0 spiro atoms. The normalized spacial score (nSPS) is 12.4. The summed E-state index contributed by atoms with van der Waals surface area (Å²) in [7, 11) is -2.53. The molecular weight excluding hydrogens is 482 g/mol. The molecule has 35 heavy (non-hydrogen) atoms. The summed E-state index contributed by atoms with van der Waals surface area (Å²) < 4.78 is 33.4. The van der Waals surface area contributed by atoms with E-state index < -0.39 is 15.9 Å². The van der Waals surface area contributed by atoms with Crippen LogP contribution in [0.1, 0.15) is 29.5 Å². The third-order valence-electron chi connectivity index (χ3n) is 5.60. The predicted octanol–water partition coefficient (Wildman–Crippen LogP) is 4.87. The van der Waals surface area contributed by atoms with Gasteiger partial charge in [0.25, 0.3) is 10.0 Å². The second-order valence-corrected chi connectivity index (χ2v) is 10.7. The van der Waals surface area contributed by atoms with E-state index in [2.05, 4.69) is 9.97 Å². The summed E-state index contributed by atoms with van der Waals surface area (Å²) >= 11 is 1.55. The van der Waals surface area contributed by atoms with Crippen LogP contribution in [-0.2, 0) is 32.6 Å². The van der Waals surface area contributed by atoms with Crippen molar-refractivity contribution in [1.29, 1.82) is 0 Å². The molecule has 0 aliphatic heterocycles. The van der Waals surface area contributed by atoms with E-state index in [1.807, 2.05) is 53.9 Å². The molecule has 4 aromatic rings. The number of esters is 1. The van der Waals surface area contributed by atoms with Gasteiger partial charge in [0.05, 0.1) is 13.0 Å². The number of benzene rings is 2. The molecule has 0 aliphatic carbocycles. The summed E-state index contributed by atoms with van der Waals surface area (Å²) in [6.07, 6.45) is 3.22. The van der Waals surface area contributed by atoms with Crippen LogP contribution in [0.5, 0.6) is 0 Å².